The molecule has 158 valence electrons. The molecule has 3 aromatic rings. The number of nitrogens with one attached hydrogen (secondary N) is 2. The normalized spacial score (nSPS) is 11.8. The van der Waals surface area contributed by atoms with E-state index in [2.05, 4.69) is 21.0 Å². The third-order valence-corrected chi connectivity index (χ3v) is 4.33. The van der Waals surface area contributed by atoms with Crippen molar-refractivity contribution in [3.63, 3.8) is 0 Å². The van der Waals surface area contributed by atoms with Gasteiger partial charge < -0.3 is 4.42 Å². The molecule has 0 spiro atoms. The Bertz CT molecular complexity index is 1080. The summed E-state index contributed by atoms with van der Waals surface area (Å²) in [4.78, 5) is 34.5. The first-order chi connectivity index (χ1) is 14.2. The summed E-state index contributed by atoms with van der Waals surface area (Å²) in [6.45, 7) is 5.92. The average molecular weight is 415 g/mol. The van der Waals surface area contributed by atoms with Crippen LogP contribution in [0.1, 0.15) is 34.6 Å². The van der Waals surface area contributed by atoms with Gasteiger partial charge in [-0.15, -0.1) is 0 Å². The molecule has 0 fully saturated rings. The van der Waals surface area contributed by atoms with Gasteiger partial charge in [0.15, 0.2) is 5.76 Å². The number of carbonyl (C=O) groups excluding carboxylic acids is 2. The number of rotatable bonds is 7. The van der Waals surface area contributed by atoms with E-state index in [1.807, 2.05) is 19.9 Å². The molecule has 30 heavy (non-hydrogen) atoms. The van der Waals surface area contributed by atoms with E-state index in [4.69, 9.17) is 4.42 Å². The molecule has 12 heteroatoms. The van der Waals surface area contributed by atoms with E-state index in [-0.39, 0.29) is 18.0 Å². The minimum absolute atomic E-state index is 0.0437. The number of hydrogen-bond acceptors (Lipinski definition) is 7. The monoisotopic (exact) mass is 415 g/mol. The van der Waals surface area contributed by atoms with Gasteiger partial charge in [0.25, 0.3) is 0 Å². The van der Waals surface area contributed by atoms with Crippen molar-refractivity contribution in [3.8, 4) is 0 Å². The largest absolute Gasteiger partial charge is 0.454 e. The summed E-state index contributed by atoms with van der Waals surface area (Å²) in [5.74, 6) is -1.09. The summed E-state index contributed by atoms with van der Waals surface area (Å²) in [5, 5.41) is 18.9. The number of hydrazine groups is 1. The summed E-state index contributed by atoms with van der Waals surface area (Å²) in [6, 6.07) is 5.12. The van der Waals surface area contributed by atoms with Crippen molar-refractivity contribution >= 4 is 17.5 Å². The van der Waals surface area contributed by atoms with Gasteiger partial charge in [0, 0.05) is 5.69 Å². The van der Waals surface area contributed by atoms with Crippen LogP contribution in [0, 0.1) is 29.9 Å². The number of hydrogen-bond donors (Lipinski definition) is 2. The van der Waals surface area contributed by atoms with E-state index in [1.165, 1.54) is 16.9 Å². The third-order valence-electron chi connectivity index (χ3n) is 4.33. The van der Waals surface area contributed by atoms with Crippen molar-refractivity contribution in [2.24, 2.45) is 5.92 Å². The molecule has 0 aliphatic heterocycles. The fourth-order valence-corrected chi connectivity index (χ4v) is 2.78. The minimum atomic E-state index is -0.607. The van der Waals surface area contributed by atoms with Crippen molar-refractivity contribution in [1.82, 2.24) is 30.4 Å². The molecule has 0 aromatic carbocycles. The average Bonchev–Trinajstić information content (AvgIpc) is 3.41. The number of amides is 2. The molecule has 0 aliphatic rings. The third kappa shape index (κ3) is 4.90. The highest BCUT2D eigenvalue weighted by Crippen LogP contribution is 2.12. The van der Waals surface area contributed by atoms with Gasteiger partial charge in [-0.05, 0) is 32.0 Å². The topological polar surface area (TPSA) is 150 Å². The summed E-state index contributed by atoms with van der Waals surface area (Å²) in [6.07, 6.45) is 2.34. The highest BCUT2D eigenvalue weighted by molar-refractivity contribution is 5.93. The summed E-state index contributed by atoms with van der Waals surface area (Å²) < 4.78 is 8.58. The van der Waals surface area contributed by atoms with E-state index >= 15 is 0 Å². The van der Waals surface area contributed by atoms with Crippen LogP contribution in [0.25, 0.3) is 0 Å². The summed E-state index contributed by atoms with van der Waals surface area (Å²) in [5.41, 5.74) is 6.30. The second-order valence-corrected chi connectivity index (χ2v) is 6.87. The molecule has 3 heterocycles. The smallest absolute Gasteiger partial charge is 0.306 e. The molecule has 3 aromatic heterocycles. The molecule has 2 amide bonds. The zero-order chi connectivity index (χ0) is 21.8. The highest BCUT2D eigenvalue weighted by atomic mass is 16.6. The Kier molecular flexibility index (Phi) is 5.95. The number of furan rings is 1. The molecule has 2 N–H and O–H groups in total. The molecule has 0 unspecified atom stereocenters. The van der Waals surface area contributed by atoms with Gasteiger partial charge in [-0.3, -0.25) is 39.9 Å². The van der Waals surface area contributed by atoms with E-state index in [0.29, 0.717) is 12.3 Å². The first kappa shape index (κ1) is 20.8. The Morgan fingerprint density at radius 1 is 1.30 bits per heavy atom. The Balaban J connectivity index is 1.51. The van der Waals surface area contributed by atoms with E-state index < -0.39 is 22.7 Å². The first-order valence-corrected chi connectivity index (χ1v) is 9.09. The molecule has 0 saturated carbocycles. The van der Waals surface area contributed by atoms with Crippen LogP contribution in [-0.4, -0.2) is 36.3 Å². The van der Waals surface area contributed by atoms with E-state index in [0.717, 1.165) is 17.6 Å². The lowest BCUT2D eigenvalue weighted by Crippen LogP contribution is -2.44. The van der Waals surface area contributed by atoms with Crippen LogP contribution >= 0.6 is 0 Å². The van der Waals surface area contributed by atoms with Crippen LogP contribution in [-0.2, 0) is 17.9 Å². The van der Waals surface area contributed by atoms with Gasteiger partial charge in [0.05, 0.1) is 29.6 Å². The lowest BCUT2D eigenvalue weighted by Gasteiger charge is -2.12. The molecular formula is C18H21N7O5. The molecule has 0 aliphatic carbocycles. The van der Waals surface area contributed by atoms with Crippen LogP contribution in [0.3, 0.4) is 0 Å². The summed E-state index contributed by atoms with van der Waals surface area (Å²) >= 11 is 0. The number of aromatic nitrogens is 4. The van der Waals surface area contributed by atoms with Gasteiger partial charge in [-0.2, -0.15) is 10.2 Å². The van der Waals surface area contributed by atoms with Crippen LogP contribution in [0.2, 0.25) is 0 Å². The predicted molar refractivity (Wildman–Crippen MR) is 103 cm³/mol. The van der Waals surface area contributed by atoms with Gasteiger partial charge >= 0.3 is 11.6 Å². The lowest BCUT2D eigenvalue weighted by molar-refractivity contribution is -0.385. The van der Waals surface area contributed by atoms with Gasteiger partial charge in [0.2, 0.25) is 5.91 Å². The second-order valence-electron chi connectivity index (χ2n) is 6.87. The van der Waals surface area contributed by atoms with Crippen molar-refractivity contribution in [1.29, 1.82) is 0 Å². The second kappa shape index (κ2) is 8.59. The SMILES string of the molecule is Cc1cc(C)n(Cc2ccc(C(=O)NNC(=O)[C@H](C)Cn3cc([N+](=O)[O-])cn3)o2)n1. The molecule has 0 saturated heterocycles. The van der Waals surface area contributed by atoms with Crippen LogP contribution in [0.4, 0.5) is 5.69 Å². The first-order valence-electron chi connectivity index (χ1n) is 9.09. The van der Waals surface area contributed by atoms with Crippen LogP contribution in [0.15, 0.2) is 35.0 Å². The molecule has 12 nitrogen and oxygen atoms in total. The fourth-order valence-electron chi connectivity index (χ4n) is 2.78. The van der Waals surface area contributed by atoms with Crippen molar-refractivity contribution < 1.29 is 18.9 Å². The Labute approximate surface area is 171 Å². The van der Waals surface area contributed by atoms with Gasteiger partial charge in [-0.25, -0.2) is 0 Å². The zero-order valence-corrected chi connectivity index (χ0v) is 16.7. The predicted octanol–water partition coefficient (Wildman–Crippen LogP) is 1.34. The summed E-state index contributed by atoms with van der Waals surface area (Å²) in [7, 11) is 0. The molecule has 3 rings (SSSR count). The van der Waals surface area contributed by atoms with Gasteiger partial charge in [0.1, 0.15) is 18.2 Å². The Hall–Kier alpha value is -3.96. The Morgan fingerprint density at radius 2 is 2.07 bits per heavy atom. The molecule has 1 atom stereocenters. The maximum Gasteiger partial charge on any atom is 0.306 e. The minimum Gasteiger partial charge on any atom is -0.454 e. The van der Waals surface area contributed by atoms with Crippen LogP contribution in [0.5, 0.6) is 0 Å². The zero-order valence-electron chi connectivity index (χ0n) is 16.7. The fraction of sp³-hybridized carbons (Fsp3) is 0.333. The standard InChI is InChI=1S/C18H21N7O5/c1-11(8-23-9-14(7-19-23)25(28)29)17(26)20-21-18(27)16-5-4-15(30-16)10-24-13(3)6-12(2)22-24/h4-7,9,11H,8,10H2,1-3H3,(H,20,26)(H,21,27)/t11-/m1/s1. The van der Waals surface area contributed by atoms with Gasteiger partial charge in [-0.1, -0.05) is 6.92 Å². The van der Waals surface area contributed by atoms with Crippen molar-refractivity contribution in [2.75, 3.05) is 0 Å². The Morgan fingerprint density at radius 3 is 2.70 bits per heavy atom. The molecule has 0 radical (unpaired) electrons. The quantitative estimate of drug-likeness (QED) is 0.436. The van der Waals surface area contributed by atoms with Crippen molar-refractivity contribution in [3.05, 3.63) is 63.6 Å². The number of aryl methyl sites for hydroxylation is 2. The lowest BCUT2D eigenvalue weighted by atomic mass is 10.2. The van der Waals surface area contributed by atoms with Crippen molar-refractivity contribution in [2.45, 2.75) is 33.9 Å². The maximum absolute atomic E-state index is 12.2. The van der Waals surface area contributed by atoms with Crippen LogP contribution < -0.4 is 10.9 Å². The van der Waals surface area contributed by atoms with E-state index in [1.54, 1.807) is 17.7 Å². The number of nitrogens with zero attached hydrogens (tertiary/aromatic N) is 5. The number of carbonyl (C=O) groups is 2. The number of nitro groups is 1. The molecule has 0 bridgehead atoms. The maximum atomic E-state index is 12.2. The molecular weight excluding hydrogens is 394 g/mol. The van der Waals surface area contributed by atoms with E-state index in [9.17, 15) is 19.7 Å². The highest BCUT2D eigenvalue weighted by Gasteiger charge is 2.18.